The van der Waals surface area contributed by atoms with E-state index in [1.807, 2.05) is 0 Å². The summed E-state index contributed by atoms with van der Waals surface area (Å²) >= 11 is 0. The molecule has 0 heterocycles. The number of methoxy groups -OCH3 is 1. The molecule has 6 heteroatoms. The summed E-state index contributed by atoms with van der Waals surface area (Å²) < 4.78 is 4.96. The average molecular weight is 252 g/mol. The lowest BCUT2D eigenvalue weighted by Crippen LogP contribution is -2.41. The van der Waals surface area contributed by atoms with E-state index < -0.39 is 12.1 Å². The van der Waals surface area contributed by atoms with E-state index in [2.05, 4.69) is 0 Å². The monoisotopic (exact) mass is 252 g/mol. The molecular formula is C12H16N2O4. The van der Waals surface area contributed by atoms with Gasteiger partial charge in [0, 0.05) is 26.4 Å². The maximum Gasteiger partial charge on any atom is 0.335 e. The third-order valence-corrected chi connectivity index (χ3v) is 2.61. The van der Waals surface area contributed by atoms with Crippen molar-refractivity contribution >= 4 is 17.6 Å². The lowest BCUT2D eigenvalue weighted by molar-refractivity contribution is -0.127. The summed E-state index contributed by atoms with van der Waals surface area (Å²) in [6.07, 6.45) is -0.700. The molecule has 0 saturated heterocycles. The highest BCUT2D eigenvalue weighted by Crippen LogP contribution is 2.15. The molecule has 0 saturated carbocycles. The van der Waals surface area contributed by atoms with E-state index in [1.165, 1.54) is 24.1 Å². The number of ether oxygens (including phenoxy) is 1. The summed E-state index contributed by atoms with van der Waals surface area (Å²) in [5, 5.41) is 8.77. The fourth-order valence-electron chi connectivity index (χ4n) is 1.47. The van der Waals surface area contributed by atoms with Crippen LogP contribution in [0.1, 0.15) is 10.4 Å². The van der Waals surface area contributed by atoms with Crippen LogP contribution in [0.5, 0.6) is 0 Å². The zero-order valence-corrected chi connectivity index (χ0v) is 10.3. The molecule has 1 unspecified atom stereocenters. The number of carbonyl (C=O) groups is 2. The van der Waals surface area contributed by atoms with Crippen molar-refractivity contribution in [3.05, 3.63) is 29.8 Å². The topological polar surface area (TPSA) is 92.9 Å². The molecule has 98 valence electrons. The van der Waals surface area contributed by atoms with Crippen LogP contribution in [0, 0.1) is 0 Å². The second-order valence-corrected chi connectivity index (χ2v) is 3.71. The van der Waals surface area contributed by atoms with E-state index in [-0.39, 0.29) is 18.0 Å². The van der Waals surface area contributed by atoms with Crippen molar-refractivity contribution in [1.29, 1.82) is 0 Å². The minimum Gasteiger partial charge on any atom is -0.478 e. The zero-order chi connectivity index (χ0) is 13.7. The van der Waals surface area contributed by atoms with Crippen LogP contribution in [0.25, 0.3) is 0 Å². The fourth-order valence-corrected chi connectivity index (χ4v) is 1.47. The van der Waals surface area contributed by atoms with Crippen molar-refractivity contribution in [2.24, 2.45) is 5.73 Å². The van der Waals surface area contributed by atoms with Gasteiger partial charge in [0.15, 0.2) is 0 Å². The SMILES string of the molecule is COC(CN)C(=O)N(C)c1ccc(C(=O)O)cc1. The van der Waals surface area contributed by atoms with Crippen molar-refractivity contribution in [2.45, 2.75) is 6.10 Å². The van der Waals surface area contributed by atoms with Crippen LogP contribution in [0.15, 0.2) is 24.3 Å². The highest BCUT2D eigenvalue weighted by Gasteiger charge is 2.21. The molecule has 0 aliphatic carbocycles. The number of anilines is 1. The Labute approximate surface area is 105 Å². The first-order chi connectivity index (χ1) is 8.51. The van der Waals surface area contributed by atoms with Crippen LogP contribution in [-0.2, 0) is 9.53 Å². The van der Waals surface area contributed by atoms with Crippen LogP contribution in [0.4, 0.5) is 5.69 Å². The van der Waals surface area contributed by atoms with E-state index in [9.17, 15) is 9.59 Å². The second kappa shape index (κ2) is 6.13. The van der Waals surface area contributed by atoms with Crippen LogP contribution in [0.2, 0.25) is 0 Å². The van der Waals surface area contributed by atoms with Crippen molar-refractivity contribution in [3.8, 4) is 0 Å². The van der Waals surface area contributed by atoms with E-state index in [1.54, 1.807) is 19.2 Å². The number of nitrogens with zero attached hydrogens (tertiary/aromatic N) is 1. The highest BCUT2D eigenvalue weighted by molar-refractivity contribution is 5.97. The maximum atomic E-state index is 11.9. The Morgan fingerprint density at radius 1 is 1.39 bits per heavy atom. The van der Waals surface area contributed by atoms with Gasteiger partial charge in [-0.3, -0.25) is 4.79 Å². The molecule has 0 radical (unpaired) electrons. The Hall–Kier alpha value is -1.92. The van der Waals surface area contributed by atoms with Crippen molar-refractivity contribution in [3.63, 3.8) is 0 Å². The number of carboxylic acid groups (broad SMARTS) is 1. The minimum atomic E-state index is -1.01. The van der Waals surface area contributed by atoms with Gasteiger partial charge in [0.25, 0.3) is 5.91 Å². The Kier molecular flexibility index (Phi) is 4.82. The number of hydrogen-bond donors (Lipinski definition) is 2. The number of likely N-dealkylation sites (N-methyl/N-ethyl adjacent to an activating group) is 1. The van der Waals surface area contributed by atoms with E-state index in [4.69, 9.17) is 15.6 Å². The Morgan fingerprint density at radius 2 is 1.94 bits per heavy atom. The van der Waals surface area contributed by atoms with Gasteiger partial charge in [0.05, 0.1) is 5.56 Å². The number of nitrogens with two attached hydrogens (primary N) is 1. The molecule has 1 aromatic rings. The number of benzene rings is 1. The van der Waals surface area contributed by atoms with Gasteiger partial charge < -0.3 is 20.5 Å². The molecule has 6 nitrogen and oxygen atoms in total. The third kappa shape index (κ3) is 3.06. The first-order valence-corrected chi connectivity index (χ1v) is 5.35. The third-order valence-electron chi connectivity index (χ3n) is 2.61. The van der Waals surface area contributed by atoms with Gasteiger partial charge in [0.1, 0.15) is 6.10 Å². The molecule has 1 atom stereocenters. The average Bonchev–Trinajstić information content (AvgIpc) is 2.39. The largest absolute Gasteiger partial charge is 0.478 e. The number of carboxylic acids is 1. The number of carbonyl (C=O) groups excluding carboxylic acids is 1. The minimum absolute atomic E-state index is 0.0902. The van der Waals surface area contributed by atoms with Crippen molar-refractivity contribution < 1.29 is 19.4 Å². The molecule has 0 bridgehead atoms. The van der Waals surface area contributed by atoms with Crippen molar-refractivity contribution in [2.75, 3.05) is 25.6 Å². The Bertz CT molecular complexity index is 426. The summed E-state index contributed by atoms with van der Waals surface area (Å²) in [6.45, 7) is 0.0902. The molecule has 0 spiro atoms. The van der Waals surface area contributed by atoms with Crippen LogP contribution >= 0.6 is 0 Å². The molecule has 1 aromatic carbocycles. The van der Waals surface area contributed by atoms with Gasteiger partial charge in [0.2, 0.25) is 0 Å². The molecular weight excluding hydrogens is 236 g/mol. The smallest absolute Gasteiger partial charge is 0.335 e. The zero-order valence-electron chi connectivity index (χ0n) is 10.3. The van der Waals surface area contributed by atoms with E-state index in [0.717, 1.165) is 0 Å². The quantitative estimate of drug-likeness (QED) is 0.787. The second-order valence-electron chi connectivity index (χ2n) is 3.71. The van der Waals surface area contributed by atoms with Gasteiger partial charge >= 0.3 is 5.97 Å². The summed E-state index contributed by atoms with van der Waals surface area (Å²) in [5.74, 6) is -1.28. The van der Waals surface area contributed by atoms with Gasteiger partial charge in [-0.05, 0) is 24.3 Å². The summed E-state index contributed by atoms with van der Waals surface area (Å²) in [7, 11) is 3.00. The van der Waals surface area contributed by atoms with Gasteiger partial charge in [-0.25, -0.2) is 4.79 Å². The first-order valence-electron chi connectivity index (χ1n) is 5.35. The summed E-state index contributed by atoms with van der Waals surface area (Å²) in [6, 6.07) is 5.99. The number of amides is 1. The van der Waals surface area contributed by atoms with Gasteiger partial charge in [-0.1, -0.05) is 0 Å². The van der Waals surface area contributed by atoms with Crippen molar-refractivity contribution in [1.82, 2.24) is 0 Å². The Morgan fingerprint density at radius 3 is 2.33 bits per heavy atom. The first kappa shape index (κ1) is 14.1. The fraction of sp³-hybridized carbons (Fsp3) is 0.333. The lowest BCUT2D eigenvalue weighted by Gasteiger charge is -2.22. The number of hydrogen-bond acceptors (Lipinski definition) is 4. The van der Waals surface area contributed by atoms with Crippen LogP contribution in [0.3, 0.4) is 0 Å². The van der Waals surface area contributed by atoms with Gasteiger partial charge in [-0.2, -0.15) is 0 Å². The highest BCUT2D eigenvalue weighted by atomic mass is 16.5. The standard InChI is InChI=1S/C12H16N2O4/c1-14(11(15)10(7-13)18-2)9-5-3-8(4-6-9)12(16)17/h3-6,10H,7,13H2,1-2H3,(H,16,17). The molecule has 0 fully saturated rings. The van der Waals surface area contributed by atoms with E-state index in [0.29, 0.717) is 5.69 Å². The molecule has 1 rings (SSSR count). The number of rotatable bonds is 5. The molecule has 18 heavy (non-hydrogen) atoms. The molecule has 0 aromatic heterocycles. The number of aromatic carboxylic acids is 1. The molecule has 1 amide bonds. The maximum absolute atomic E-state index is 11.9. The van der Waals surface area contributed by atoms with E-state index >= 15 is 0 Å². The molecule has 3 N–H and O–H groups in total. The molecule has 0 aliphatic heterocycles. The summed E-state index contributed by atoms with van der Waals surface area (Å²) in [5.41, 5.74) is 6.17. The normalized spacial score (nSPS) is 11.9. The predicted octanol–water partition coefficient (Wildman–Crippen LogP) is 0.321. The lowest BCUT2D eigenvalue weighted by atomic mass is 10.2. The Balaban J connectivity index is 2.86. The molecule has 0 aliphatic rings. The van der Waals surface area contributed by atoms with Gasteiger partial charge in [-0.15, -0.1) is 0 Å². The predicted molar refractivity (Wildman–Crippen MR) is 66.7 cm³/mol. The van der Waals surface area contributed by atoms with Crippen LogP contribution < -0.4 is 10.6 Å². The summed E-state index contributed by atoms with van der Waals surface area (Å²) in [4.78, 5) is 24.0. The van der Waals surface area contributed by atoms with Crippen LogP contribution in [-0.4, -0.2) is 43.8 Å².